The highest BCUT2D eigenvalue weighted by atomic mass is 32.2. The molecule has 26 heavy (non-hydrogen) atoms. The van der Waals surface area contributed by atoms with Gasteiger partial charge in [0.05, 0.1) is 5.56 Å². The largest absolute Gasteiger partial charge is 0.478 e. The van der Waals surface area contributed by atoms with Gasteiger partial charge in [-0.2, -0.15) is 16.1 Å². The van der Waals surface area contributed by atoms with Gasteiger partial charge < -0.3 is 15.4 Å². The summed E-state index contributed by atoms with van der Waals surface area (Å²) in [6.07, 6.45) is 1.31. The first-order chi connectivity index (χ1) is 12.4. The molecule has 1 fully saturated rings. The first kappa shape index (κ1) is 18.5. The van der Waals surface area contributed by atoms with Gasteiger partial charge in [-0.05, 0) is 30.3 Å². The molecule has 0 bridgehead atoms. The number of carbonyl (C=O) groups is 2. The molecule has 1 aliphatic rings. The van der Waals surface area contributed by atoms with Crippen LogP contribution in [0.1, 0.15) is 20.8 Å². The maximum Gasteiger partial charge on any atom is 0.335 e. The Morgan fingerprint density at radius 3 is 2.42 bits per heavy atom. The van der Waals surface area contributed by atoms with Crippen LogP contribution in [0.4, 0.5) is 5.69 Å². The van der Waals surface area contributed by atoms with Gasteiger partial charge in [0.1, 0.15) is 10.6 Å². The summed E-state index contributed by atoms with van der Waals surface area (Å²) in [5.74, 6) is -0.0610. The number of aromatic amines is 1. The molecule has 1 aliphatic heterocycles. The quantitative estimate of drug-likeness (QED) is 0.709. The van der Waals surface area contributed by atoms with Crippen LogP contribution in [-0.4, -0.2) is 59.3 Å². The molecule has 2 aromatic rings. The highest BCUT2D eigenvalue weighted by Crippen LogP contribution is 2.21. The second-order valence-electron chi connectivity index (χ2n) is 5.60. The Balaban J connectivity index is 1.72. The van der Waals surface area contributed by atoms with E-state index in [-0.39, 0.29) is 16.2 Å². The van der Waals surface area contributed by atoms with E-state index in [1.807, 2.05) is 0 Å². The molecule has 3 N–H and O–H groups in total. The molecule has 0 radical (unpaired) electrons. The Kier molecular flexibility index (Phi) is 5.35. The lowest BCUT2D eigenvalue weighted by atomic mass is 10.2. The van der Waals surface area contributed by atoms with E-state index in [0.29, 0.717) is 18.8 Å². The molecule has 8 nitrogen and oxygen atoms in total. The van der Waals surface area contributed by atoms with Crippen LogP contribution >= 0.6 is 11.8 Å². The third-order valence-corrected chi connectivity index (χ3v) is 6.72. The normalized spacial score (nSPS) is 15.5. The van der Waals surface area contributed by atoms with Crippen molar-refractivity contribution >= 4 is 39.3 Å². The van der Waals surface area contributed by atoms with Crippen LogP contribution in [0.5, 0.6) is 0 Å². The first-order valence-electron chi connectivity index (χ1n) is 7.79. The predicted octanol–water partition coefficient (Wildman–Crippen LogP) is 1.70. The van der Waals surface area contributed by atoms with Crippen LogP contribution in [0.15, 0.2) is 41.4 Å². The first-order valence-corrected chi connectivity index (χ1v) is 10.4. The van der Waals surface area contributed by atoms with Crippen molar-refractivity contribution in [1.82, 2.24) is 9.29 Å². The van der Waals surface area contributed by atoms with Crippen LogP contribution in [0.25, 0.3) is 0 Å². The molecule has 138 valence electrons. The summed E-state index contributed by atoms with van der Waals surface area (Å²) < 4.78 is 26.6. The number of rotatable bonds is 5. The number of nitrogens with zero attached hydrogens (tertiary/aromatic N) is 1. The minimum Gasteiger partial charge on any atom is -0.478 e. The van der Waals surface area contributed by atoms with E-state index in [1.165, 1.54) is 40.8 Å². The van der Waals surface area contributed by atoms with Gasteiger partial charge in [-0.3, -0.25) is 4.79 Å². The van der Waals surface area contributed by atoms with Gasteiger partial charge in [-0.25, -0.2) is 13.2 Å². The van der Waals surface area contributed by atoms with Gasteiger partial charge in [0.25, 0.3) is 5.91 Å². The van der Waals surface area contributed by atoms with Crippen molar-refractivity contribution in [1.29, 1.82) is 0 Å². The van der Waals surface area contributed by atoms with Crippen molar-refractivity contribution in [2.24, 2.45) is 0 Å². The molecule has 0 saturated carbocycles. The Labute approximate surface area is 154 Å². The van der Waals surface area contributed by atoms with Crippen molar-refractivity contribution in [3.05, 3.63) is 47.8 Å². The summed E-state index contributed by atoms with van der Waals surface area (Å²) in [6, 6.07) is 6.98. The van der Waals surface area contributed by atoms with Crippen molar-refractivity contribution in [2.75, 3.05) is 29.9 Å². The van der Waals surface area contributed by atoms with Crippen molar-refractivity contribution < 1.29 is 23.1 Å². The average Bonchev–Trinajstić information content (AvgIpc) is 3.14. The molecule has 0 unspecified atom stereocenters. The fourth-order valence-corrected chi connectivity index (χ4v) is 5.06. The number of nitrogens with one attached hydrogen (secondary N) is 2. The molecule has 0 atom stereocenters. The number of benzene rings is 1. The van der Waals surface area contributed by atoms with E-state index in [4.69, 9.17) is 5.11 Å². The Morgan fingerprint density at radius 1 is 1.15 bits per heavy atom. The zero-order chi connectivity index (χ0) is 18.7. The average molecular weight is 395 g/mol. The van der Waals surface area contributed by atoms with Crippen molar-refractivity contribution in [2.45, 2.75) is 4.90 Å². The summed E-state index contributed by atoms with van der Waals surface area (Å²) in [5.41, 5.74) is 0.625. The predicted molar refractivity (Wildman–Crippen MR) is 98.2 cm³/mol. The number of H-pyrrole nitrogens is 1. The number of hydrogen-bond acceptors (Lipinski definition) is 5. The summed E-state index contributed by atoms with van der Waals surface area (Å²) in [4.78, 5) is 25.8. The van der Waals surface area contributed by atoms with Crippen LogP contribution < -0.4 is 5.32 Å². The standard InChI is InChI=1S/C16H17N3O5S2/c20-15(18-12-3-1-11(2-4-12)16(21)22)14-9-13(10-17-14)26(23,24)19-5-7-25-8-6-19/h1-4,9-10,17H,5-8H2,(H,18,20)(H,21,22). The van der Waals surface area contributed by atoms with Gasteiger partial charge in [-0.15, -0.1) is 0 Å². The summed E-state index contributed by atoms with van der Waals surface area (Å²) in [5, 5.41) is 11.5. The zero-order valence-corrected chi connectivity index (χ0v) is 15.3. The molecule has 1 aromatic heterocycles. The molecule has 1 aromatic carbocycles. The zero-order valence-electron chi connectivity index (χ0n) is 13.6. The van der Waals surface area contributed by atoms with E-state index in [0.717, 1.165) is 11.5 Å². The maximum atomic E-state index is 12.6. The van der Waals surface area contributed by atoms with Gasteiger partial charge in [0.15, 0.2) is 0 Å². The number of aromatic carboxylic acids is 1. The van der Waals surface area contributed by atoms with Gasteiger partial charge in [0.2, 0.25) is 10.0 Å². The highest BCUT2D eigenvalue weighted by molar-refractivity contribution is 7.99. The summed E-state index contributed by atoms with van der Waals surface area (Å²) in [7, 11) is -3.62. The second-order valence-corrected chi connectivity index (χ2v) is 8.76. The Hall–Kier alpha value is -2.30. The number of aromatic nitrogens is 1. The highest BCUT2D eigenvalue weighted by Gasteiger charge is 2.27. The van der Waals surface area contributed by atoms with E-state index in [9.17, 15) is 18.0 Å². The van der Waals surface area contributed by atoms with Gasteiger partial charge in [-0.1, -0.05) is 0 Å². The minimum atomic E-state index is -3.62. The lowest BCUT2D eigenvalue weighted by molar-refractivity contribution is 0.0696. The topological polar surface area (TPSA) is 120 Å². The summed E-state index contributed by atoms with van der Waals surface area (Å²) >= 11 is 1.71. The molecule has 1 saturated heterocycles. The Bertz CT molecular complexity index is 916. The monoisotopic (exact) mass is 395 g/mol. The molecular formula is C16H17N3O5S2. The number of anilines is 1. The smallest absolute Gasteiger partial charge is 0.335 e. The fraction of sp³-hybridized carbons (Fsp3) is 0.250. The molecule has 1 amide bonds. The number of amides is 1. The molecule has 0 spiro atoms. The maximum absolute atomic E-state index is 12.6. The van der Waals surface area contributed by atoms with Crippen LogP contribution in [0.2, 0.25) is 0 Å². The fourth-order valence-electron chi connectivity index (χ4n) is 2.49. The SMILES string of the molecule is O=C(O)c1ccc(NC(=O)c2cc(S(=O)(=O)N3CCSCC3)c[nH]2)cc1. The second kappa shape index (κ2) is 7.52. The van der Waals surface area contributed by atoms with E-state index in [2.05, 4.69) is 10.3 Å². The van der Waals surface area contributed by atoms with Crippen LogP contribution in [0.3, 0.4) is 0 Å². The molecule has 2 heterocycles. The van der Waals surface area contributed by atoms with Crippen LogP contribution in [0, 0.1) is 0 Å². The minimum absolute atomic E-state index is 0.0516. The third-order valence-electron chi connectivity index (χ3n) is 3.90. The number of carboxylic acid groups (broad SMARTS) is 1. The van der Waals surface area contributed by atoms with Crippen molar-refractivity contribution in [3.8, 4) is 0 Å². The van der Waals surface area contributed by atoms with Gasteiger partial charge >= 0.3 is 5.97 Å². The van der Waals surface area contributed by atoms with E-state index < -0.39 is 21.9 Å². The lowest BCUT2D eigenvalue weighted by Gasteiger charge is -2.24. The van der Waals surface area contributed by atoms with E-state index in [1.54, 1.807) is 11.8 Å². The molecule has 3 rings (SSSR count). The molecule has 0 aliphatic carbocycles. The van der Waals surface area contributed by atoms with E-state index >= 15 is 0 Å². The number of sulfonamides is 1. The third kappa shape index (κ3) is 3.92. The summed E-state index contributed by atoms with van der Waals surface area (Å²) in [6.45, 7) is 0.908. The van der Waals surface area contributed by atoms with Crippen LogP contribution in [-0.2, 0) is 10.0 Å². The Morgan fingerprint density at radius 2 is 1.81 bits per heavy atom. The van der Waals surface area contributed by atoms with Crippen molar-refractivity contribution in [3.63, 3.8) is 0 Å². The molecule has 10 heteroatoms. The van der Waals surface area contributed by atoms with Gasteiger partial charge in [0, 0.05) is 36.5 Å². The number of carbonyl (C=O) groups excluding carboxylic acids is 1. The molecular weight excluding hydrogens is 378 g/mol. The lowest BCUT2D eigenvalue weighted by Crippen LogP contribution is -2.37. The number of thioether (sulfide) groups is 1. The number of carboxylic acids is 1. The number of hydrogen-bond donors (Lipinski definition) is 3.